The molecule has 0 saturated heterocycles. The van der Waals surface area contributed by atoms with Crippen LogP contribution in [-0.4, -0.2) is 50.0 Å². The summed E-state index contributed by atoms with van der Waals surface area (Å²) in [4.78, 5) is 28.2. The third-order valence-corrected chi connectivity index (χ3v) is 7.92. The van der Waals surface area contributed by atoms with Crippen LogP contribution in [0.25, 0.3) is 0 Å². The maximum absolute atomic E-state index is 13.7. The summed E-state index contributed by atoms with van der Waals surface area (Å²) in [5.74, 6) is -0.796. The monoisotopic (exact) mass is 555 g/mol. The summed E-state index contributed by atoms with van der Waals surface area (Å²) in [6.45, 7) is 7.28. The lowest BCUT2D eigenvalue weighted by Crippen LogP contribution is -2.53. The van der Waals surface area contributed by atoms with Gasteiger partial charge in [0.15, 0.2) is 0 Å². The van der Waals surface area contributed by atoms with Crippen molar-refractivity contribution in [1.82, 2.24) is 10.2 Å². The minimum absolute atomic E-state index is 0.0640. The van der Waals surface area contributed by atoms with E-state index < -0.39 is 28.5 Å². The molecule has 0 fully saturated rings. The first-order valence-electron chi connectivity index (χ1n) is 12.0. The molecule has 0 saturated carbocycles. The minimum atomic E-state index is -3.78. The summed E-state index contributed by atoms with van der Waals surface area (Å²) in [5, 5.41) is 3.64. The van der Waals surface area contributed by atoms with E-state index in [1.54, 1.807) is 30.3 Å². The van der Waals surface area contributed by atoms with Gasteiger partial charge in [0.25, 0.3) is 0 Å². The molecule has 198 valence electrons. The molecule has 0 aromatic heterocycles. The van der Waals surface area contributed by atoms with Gasteiger partial charge in [0.1, 0.15) is 12.6 Å². The van der Waals surface area contributed by atoms with Crippen LogP contribution in [-0.2, 0) is 32.6 Å². The van der Waals surface area contributed by atoms with Gasteiger partial charge in [0.05, 0.1) is 22.0 Å². The summed E-state index contributed by atoms with van der Waals surface area (Å²) < 4.78 is 26.4. The Morgan fingerprint density at radius 2 is 1.56 bits per heavy atom. The van der Waals surface area contributed by atoms with Crippen molar-refractivity contribution in [2.45, 2.75) is 65.6 Å². The molecule has 2 aromatic rings. The van der Waals surface area contributed by atoms with Gasteiger partial charge in [-0.05, 0) is 61.6 Å². The Morgan fingerprint density at radius 1 is 0.944 bits per heavy atom. The number of benzene rings is 2. The van der Waals surface area contributed by atoms with Crippen molar-refractivity contribution in [3.8, 4) is 0 Å². The smallest absolute Gasteiger partial charge is 0.244 e. The molecule has 0 spiro atoms. The second-order valence-corrected chi connectivity index (χ2v) is 11.5. The minimum Gasteiger partial charge on any atom is -0.352 e. The van der Waals surface area contributed by atoms with Crippen LogP contribution in [0.15, 0.2) is 42.5 Å². The molecule has 2 rings (SSSR count). The Labute approximate surface area is 224 Å². The summed E-state index contributed by atoms with van der Waals surface area (Å²) in [6.07, 6.45) is 2.95. The standard InChI is InChI=1S/C26H35Cl2N3O4S/c1-6-18(4)29-26(33)24(8-3)30(16-20-11-14-22(27)23(28)15-20)25(32)17-31(36(5,34)35)21-12-9-19(7-2)10-13-21/h9-15,18,24H,6-8,16-17H2,1-5H3,(H,29,33)/t18-,24-/m1/s1. The molecule has 10 heteroatoms. The first kappa shape index (κ1) is 29.9. The topological polar surface area (TPSA) is 86.8 Å². The average molecular weight is 557 g/mol. The van der Waals surface area contributed by atoms with Crippen LogP contribution >= 0.6 is 23.2 Å². The fraction of sp³-hybridized carbons (Fsp3) is 0.462. The van der Waals surface area contributed by atoms with Gasteiger partial charge in [-0.2, -0.15) is 0 Å². The number of nitrogens with one attached hydrogen (secondary N) is 1. The van der Waals surface area contributed by atoms with E-state index in [2.05, 4.69) is 5.32 Å². The Hall–Kier alpha value is -2.29. The molecule has 2 aromatic carbocycles. The molecule has 2 atom stereocenters. The van der Waals surface area contributed by atoms with E-state index in [-0.39, 0.29) is 18.5 Å². The Balaban J connectivity index is 2.45. The predicted octanol–water partition coefficient (Wildman–Crippen LogP) is 5.04. The van der Waals surface area contributed by atoms with Crippen LogP contribution in [0.1, 0.15) is 51.7 Å². The molecule has 0 aliphatic carbocycles. The SMILES string of the molecule is CCc1ccc(N(CC(=O)N(Cc2ccc(Cl)c(Cl)c2)[C@H](CC)C(=O)N[C@H](C)CC)S(C)(=O)=O)cc1. The normalized spacial score (nSPS) is 13.1. The zero-order valence-corrected chi connectivity index (χ0v) is 23.8. The fourth-order valence-electron chi connectivity index (χ4n) is 3.71. The third-order valence-electron chi connectivity index (χ3n) is 6.04. The van der Waals surface area contributed by atoms with Crippen molar-refractivity contribution in [3.05, 3.63) is 63.6 Å². The van der Waals surface area contributed by atoms with E-state index >= 15 is 0 Å². The van der Waals surface area contributed by atoms with Gasteiger partial charge in [-0.1, -0.05) is 62.2 Å². The van der Waals surface area contributed by atoms with Crippen molar-refractivity contribution in [2.24, 2.45) is 0 Å². The molecule has 2 amide bonds. The van der Waals surface area contributed by atoms with E-state index in [1.165, 1.54) is 4.90 Å². The number of rotatable bonds is 12. The highest BCUT2D eigenvalue weighted by Gasteiger charge is 2.32. The van der Waals surface area contributed by atoms with Crippen LogP contribution in [0, 0.1) is 0 Å². The number of nitrogens with zero attached hydrogens (tertiary/aromatic N) is 2. The van der Waals surface area contributed by atoms with Crippen LogP contribution in [0.5, 0.6) is 0 Å². The van der Waals surface area contributed by atoms with E-state index in [1.807, 2.05) is 39.8 Å². The number of sulfonamides is 1. The van der Waals surface area contributed by atoms with Crippen molar-refractivity contribution >= 4 is 50.7 Å². The molecule has 0 heterocycles. The van der Waals surface area contributed by atoms with Crippen LogP contribution < -0.4 is 9.62 Å². The van der Waals surface area contributed by atoms with Crippen LogP contribution in [0.4, 0.5) is 5.69 Å². The largest absolute Gasteiger partial charge is 0.352 e. The van der Waals surface area contributed by atoms with Gasteiger partial charge in [-0.25, -0.2) is 8.42 Å². The summed E-state index contributed by atoms with van der Waals surface area (Å²) in [7, 11) is -3.78. The number of carbonyl (C=O) groups is 2. The third kappa shape index (κ3) is 8.11. The number of halogens is 2. The molecule has 0 bridgehead atoms. The molecule has 36 heavy (non-hydrogen) atoms. The molecule has 0 radical (unpaired) electrons. The Bertz CT molecular complexity index is 1160. The molecule has 0 aliphatic heterocycles. The van der Waals surface area contributed by atoms with Gasteiger partial charge in [-0.3, -0.25) is 13.9 Å². The van der Waals surface area contributed by atoms with Crippen LogP contribution in [0.2, 0.25) is 10.0 Å². The molecular formula is C26H35Cl2N3O4S. The molecular weight excluding hydrogens is 521 g/mol. The lowest BCUT2D eigenvalue weighted by Gasteiger charge is -2.33. The number of hydrogen-bond donors (Lipinski definition) is 1. The Morgan fingerprint density at radius 3 is 2.06 bits per heavy atom. The van der Waals surface area contributed by atoms with Gasteiger partial charge in [0, 0.05) is 12.6 Å². The van der Waals surface area contributed by atoms with Gasteiger partial charge < -0.3 is 10.2 Å². The lowest BCUT2D eigenvalue weighted by molar-refractivity contribution is -0.140. The van der Waals surface area contributed by atoms with Gasteiger partial charge in [-0.15, -0.1) is 0 Å². The zero-order valence-electron chi connectivity index (χ0n) is 21.4. The molecule has 7 nitrogen and oxygen atoms in total. The molecule has 0 aliphatic rings. The quantitative estimate of drug-likeness (QED) is 0.397. The van der Waals surface area contributed by atoms with Crippen LogP contribution in [0.3, 0.4) is 0 Å². The van der Waals surface area contributed by atoms with Gasteiger partial charge in [0.2, 0.25) is 21.8 Å². The van der Waals surface area contributed by atoms with Crippen molar-refractivity contribution < 1.29 is 18.0 Å². The number of aryl methyl sites for hydroxylation is 1. The number of carbonyl (C=O) groups excluding carboxylic acids is 2. The summed E-state index contributed by atoms with van der Waals surface area (Å²) in [6, 6.07) is 11.2. The van der Waals surface area contributed by atoms with Crippen molar-refractivity contribution in [1.29, 1.82) is 0 Å². The summed E-state index contributed by atoms with van der Waals surface area (Å²) >= 11 is 12.2. The fourth-order valence-corrected chi connectivity index (χ4v) is 4.88. The van der Waals surface area contributed by atoms with Gasteiger partial charge >= 0.3 is 0 Å². The second kappa shape index (κ2) is 13.3. The van der Waals surface area contributed by atoms with Crippen molar-refractivity contribution in [2.75, 3.05) is 17.1 Å². The molecule has 0 unspecified atom stereocenters. The van der Waals surface area contributed by atoms with E-state index in [0.717, 1.165) is 29.0 Å². The first-order chi connectivity index (χ1) is 16.9. The summed E-state index contributed by atoms with van der Waals surface area (Å²) in [5.41, 5.74) is 2.10. The highest BCUT2D eigenvalue weighted by atomic mass is 35.5. The highest BCUT2D eigenvalue weighted by Crippen LogP contribution is 2.25. The predicted molar refractivity (Wildman–Crippen MR) is 147 cm³/mol. The highest BCUT2D eigenvalue weighted by molar-refractivity contribution is 7.92. The number of anilines is 1. The number of amides is 2. The first-order valence-corrected chi connectivity index (χ1v) is 14.6. The maximum atomic E-state index is 13.7. The van der Waals surface area contributed by atoms with E-state index in [9.17, 15) is 18.0 Å². The maximum Gasteiger partial charge on any atom is 0.244 e. The second-order valence-electron chi connectivity index (χ2n) is 8.80. The molecule has 1 N–H and O–H groups in total. The van der Waals surface area contributed by atoms with E-state index in [4.69, 9.17) is 23.2 Å². The zero-order chi connectivity index (χ0) is 27.0. The Kier molecular flexibility index (Phi) is 11.1. The average Bonchev–Trinajstić information content (AvgIpc) is 2.83. The lowest BCUT2D eigenvalue weighted by atomic mass is 10.1. The van der Waals surface area contributed by atoms with E-state index in [0.29, 0.717) is 27.7 Å². The van der Waals surface area contributed by atoms with Crippen molar-refractivity contribution in [3.63, 3.8) is 0 Å². The number of hydrogen-bond acceptors (Lipinski definition) is 4.